The highest BCUT2D eigenvalue weighted by Gasteiger charge is 2.10. The minimum atomic E-state index is -0.343. The van der Waals surface area contributed by atoms with Crippen LogP contribution in [-0.2, 0) is 0 Å². The number of benzene rings is 2. The van der Waals surface area contributed by atoms with Crippen LogP contribution in [0, 0.1) is 11.3 Å². The number of para-hydroxylation sites is 1. The summed E-state index contributed by atoms with van der Waals surface area (Å²) in [6, 6.07) is 19.3. The fourth-order valence-electron chi connectivity index (χ4n) is 2.08. The number of nitrogens with zero attached hydrogens (tertiary/aromatic N) is 3. The molecule has 0 aliphatic rings. The SMILES string of the molecule is N#Cc1nn(-c2ccc(Cl)cc2)c(=O)cc1Nc1ccccc1. The molecule has 5 nitrogen and oxygen atoms in total. The lowest BCUT2D eigenvalue weighted by atomic mass is 10.2. The summed E-state index contributed by atoms with van der Waals surface area (Å²) in [7, 11) is 0. The van der Waals surface area contributed by atoms with Crippen molar-refractivity contribution in [1.82, 2.24) is 9.78 Å². The Morgan fingerprint density at radius 2 is 1.78 bits per heavy atom. The largest absolute Gasteiger partial charge is 0.353 e. The van der Waals surface area contributed by atoms with E-state index >= 15 is 0 Å². The zero-order valence-electron chi connectivity index (χ0n) is 11.9. The van der Waals surface area contributed by atoms with E-state index < -0.39 is 0 Å². The van der Waals surface area contributed by atoms with E-state index in [0.717, 1.165) is 5.69 Å². The van der Waals surface area contributed by atoms with Crippen LogP contribution in [0.2, 0.25) is 5.02 Å². The molecule has 0 saturated carbocycles. The summed E-state index contributed by atoms with van der Waals surface area (Å²) in [6.07, 6.45) is 0. The first kappa shape index (κ1) is 14.8. The van der Waals surface area contributed by atoms with Crippen molar-refractivity contribution >= 4 is 23.0 Å². The molecule has 0 atom stereocenters. The predicted octanol–water partition coefficient (Wildman–Crippen LogP) is 3.50. The second-order valence-electron chi connectivity index (χ2n) is 4.74. The number of hydrogen-bond donors (Lipinski definition) is 1. The van der Waals surface area contributed by atoms with Gasteiger partial charge >= 0.3 is 0 Å². The van der Waals surface area contributed by atoms with Crippen molar-refractivity contribution < 1.29 is 0 Å². The number of aromatic nitrogens is 2. The van der Waals surface area contributed by atoms with E-state index in [1.165, 1.54) is 10.7 Å². The normalized spacial score (nSPS) is 10.1. The van der Waals surface area contributed by atoms with Crippen LogP contribution < -0.4 is 10.9 Å². The van der Waals surface area contributed by atoms with Crippen molar-refractivity contribution in [3.05, 3.63) is 81.7 Å². The highest BCUT2D eigenvalue weighted by molar-refractivity contribution is 6.30. The van der Waals surface area contributed by atoms with E-state index in [-0.39, 0.29) is 11.3 Å². The van der Waals surface area contributed by atoms with Crippen LogP contribution in [0.15, 0.2) is 65.5 Å². The minimum absolute atomic E-state index is 0.128. The third-order valence-corrected chi connectivity index (χ3v) is 3.41. The Morgan fingerprint density at radius 1 is 1.09 bits per heavy atom. The van der Waals surface area contributed by atoms with Gasteiger partial charge in [0.2, 0.25) is 0 Å². The second kappa shape index (κ2) is 6.34. The smallest absolute Gasteiger partial charge is 0.273 e. The van der Waals surface area contributed by atoms with Crippen molar-refractivity contribution in [1.29, 1.82) is 5.26 Å². The van der Waals surface area contributed by atoms with Gasteiger partial charge in [-0.05, 0) is 36.4 Å². The molecule has 1 heterocycles. The maximum absolute atomic E-state index is 12.3. The van der Waals surface area contributed by atoms with Gasteiger partial charge in [0.25, 0.3) is 5.56 Å². The third kappa shape index (κ3) is 3.23. The molecule has 0 aliphatic heterocycles. The van der Waals surface area contributed by atoms with Gasteiger partial charge in [-0.25, -0.2) is 0 Å². The van der Waals surface area contributed by atoms with Gasteiger partial charge in [-0.15, -0.1) is 0 Å². The minimum Gasteiger partial charge on any atom is -0.353 e. The molecular formula is C17H11ClN4O. The lowest BCUT2D eigenvalue weighted by Crippen LogP contribution is -2.22. The molecule has 0 bridgehead atoms. The molecule has 1 aromatic heterocycles. The van der Waals surface area contributed by atoms with Crippen molar-refractivity contribution in [2.24, 2.45) is 0 Å². The van der Waals surface area contributed by atoms with Crippen LogP contribution in [-0.4, -0.2) is 9.78 Å². The Morgan fingerprint density at radius 3 is 2.43 bits per heavy atom. The molecule has 0 unspecified atom stereocenters. The van der Waals surface area contributed by atoms with E-state index in [4.69, 9.17) is 11.6 Å². The average molecular weight is 323 g/mol. The van der Waals surface area contributed by atoms with E-state index in [0.29, 0.717) is 16.4 Å². The van der Waals surface area contributed by atoms with Crippen LogP contribution in [0.1, 0.15) is 5.69 Å². The molecule has 0 fully saturated rings. The van der Waals surface area contributed by atoms with E-state index in [1.807, 2.05) is 36.4 Å². The molecule has 0 radical (unpaired) electrons. The summed E-state index contributed by atoms with van der Waals surface area (Å²) in [6.45, 7) is 0. The van der Waals surface area contributed by atoms with Crippen LogP contribution >= 0.6 is 11.6 Å². The molecule has 0 aliphatic carbocycles. The van der Waals surface area contributed by atoms with Gasteiger partial charge in [0, 0.05) is 16.8 Å². The monoisotopic (exact) mass is 322 g/mol. The van der Waals surface area contributed by atoms with Gasteiger partial charge in [-0.2, -0.15) is 15.0 Å². The van der Waals surface area contributed by atoms with Gasteiger partial charge in [0.15, 0.2) is 5.69 Å². The van der Waals surface area contributed by atoms with E-state index in [1.54, 1.807) is 24.3 Å². The zero-order chi connectivity index (χ0) is 16.2. The number of hydrogen-bond acceptors (Lipinski definition) is 4. The van der Waals surface area contributed by atoms with E-state index in [2.05, 4.69) is 10.4 Å². The number of anilines is 2. The van der Waals surface area contributed by atoms with Gasteiger partial charge in [-0.3, -0.25) is 4.79 Å². The van der Waals surface area contributed by atoms with Crippen molar-refractivity contribution in [3.63, 3.8) is 0 Å². The fraction of sp³-hybridized carbons (Fsp3) is 0. The fourth-order valence-corrected chi connectivity index (χ4v) is 2.20. The molecule has 0 spiro atoms. The molecule has 6 heteroatoms. The summed E-state index contributed by atoms with van der Waals surface area (Å²) in [5.74, 6) is 0. The second-order valence-corrected chi connectivity index (χ2v) is 5.17. The van der Waals surface area contributed by atoms with Crippen molar-refractivity contribution in [3.8, 4) is 11.8 Å². The molecule has 23 heavy (non-hydrogen) atoms. The third-order valence-electron chi connectivity index (χ3n) is 3.16. The Labute approximate surface area is 137 Å². The van der Waals surface area contributed by atoms with Gasteiger partial charge in [0.05, 0.1) is 11.4 Å². The molecule has 2 aromatic carbocycles. The van der Waals surface area contributed by atoms with Crippen molar-refractivity contribution in [2.45, 2.75) is 0 Å². The van der Waals surface area contributed by atoms with Gasteiger partial charge in [-0.1, -0.05) is 29.8 Å². The summed E-state index contributed by atoms with van der Waals surface area (Å²) in [5.41, 5.74) is 1.47. The molecule has 3 aromatic rings. The maximum atomic E-state index is 12.3. The van der Waals surface area contributed by atoms with Crippen LogP contribution in [0.3, 0.4) is 0 Å². The summed E-state index contributed by atoms with van der Waals surface area (Å²) < 4.78 is 1.17. The van der Waals surface area contributed by atoms with Gasteiger partial charge < -0.3 is 5.32 Å². The molecule has 0 saturated heterocycles. The molecular weight excluding hydrogens is 312 g/mol. The van der Waals surface area contributed by atoms with Crippen LogP contribution in [0.4, 0.5) is 11.4 Å². The molecule has 112 valence electrons. The van der Waals surface area contributed by atoms with Crippen molar-refractivity contribution in [2.75, 3.05) is 5.32 Å². The number of nitrogens with one attached hydrogen (secondary N) is 1. The van der Waals surface area contributed by atoms with E-state index in [9.17, 15) is 10.1 Å². The van der Waals surface area contributed by atoms with Gasteiger partial charge in [0.1, 0.15) is 6.07 Å². The summed E-state index contributed by atoms with van der Waals surface area (Å²) >= 11 is 5.84. The zero-order valence-corrected chi connectivity index (χ0v) is 12.7. The first-order chi connectivity index (χ1) is 11.2. The lowest BCUT2D eigenvalue weighted by Gasteiger charge is -2.10. The van der Waals surface area contributed by atoms with Crippen LogP contribution in [0.5, 0.6) is 0 Å². The molecule has 0 amide bonds. The lowest BCUT2D eigenvalue weighted by molar-refractivity contribution is 0.800. The maximum Gasteiger partial charge on any atom is 0.273 e. The number of nitriles is 1. The highest BCUT2D eigenvalue weighted by atomic mass is 35.5. The summed E-state index contributed by atoms with van der Waals surface area (Å²) in [5, 5.41) is 17.0. The Bertz CT molecular complexity index is 928. The first-order valence-electron chi connectivity index (χ1n) is 6.80. The topological polar surface area (TPSA) is 70.7 Å². The summed E-state index contributed by atoms with van der Waals surface area (Å²) in [4.78, 5) is 12.3. The Balaban J connectivity index is 2.04. The Kier molecular flexibility index (Phi) is 4.09. The number of halogens is 1. The quantitative estimate of drug-likeness (QED) is 0.801. The standard InChI is InChI=1S/C17H11ClN4O/c18-12-6-8-14(9-7-12)22-17(23)10-15(16(11-19)21-22)20-13-4-2-1-3-5-13/h1-10,20H. The highest BCUT2D eigenvalue weighted by Crippen LogP contribution is 2.18. The van der Waals surface area contributed by atoms with Crippen LogP contribution in [0.25, 0.3) is 5.69 Å². The first-order valence-corrected chi connectivity index (χ1v) is 7.17. The predicted molar refractivity (Wildman–Crippen MR) is 89.3 cm³/mol. The number of rotatable bonds is 3. The molecule has 3 rings (SSSR count). The molecule has 1 N–H and O–H groups in total. The Hall–Kier alpha value is -3.10. The average Bonchev–Trinajstić information content (AvgIpc) is 2.57.